The number of rotatable bonds is 9. The normalized spacial score (nSPS) is 10.1. The van der Waals surface area contributed by atoms with Gasteiger partial charge in [-0.1, -0.05) is 0 Å². The number of nitrogens with one attached hydrogen (secondary N) is 1. The van der Waals surface area contributed by atoms with Crippen LogP contribution in [0.5, 0.6) is 11.5 Å². The Morgan fingerprint density at radius 1 is 0.857 bits per heavy atom. The third-order valence-electron chi connectivity index (χ3n) is 3.69. The number of carbonyl (C=O) groups is 3. The summed E-state index contributed by atoms with van der Waals surface area (Å²) in [4.78, 5) is 35.4. The van der Waals surface area contributed by atoms with Crippen molar-refractivity contribution in [1.29, 1.82) is 0 Å². The minimum atomic E-state index is -0.647. The molecular weight excluding hydrogens is 362 g/mol. The summed E-state index contributed by atoms with van der Waals surface area (Å²) in [6, 6.07) is 11.1. The first-order chi connectivity index (χ1) is 13.4. The second-order valence-electron chi connectivity index (χ2n) is 5.79. The number of carbonyl (C=O) groups excluding carboxylic acids is 3. The van der Waals surface area contributed by atoms with E-state index in [1.165, 1.54) is 13.0 Å². The summed E-state index contributed by atoms with van der Waals surface area (Å²) in [6.07, 6.45) is 0. The molecule has 2 rings (SSSR count). The second kappa shape index (κ2) is 10.1. The lowest BCUT2D eigenvalue weighted by Crippen LogP contribution is -2.21. The second-order valence-corrected chi connectivity index (χ2v) is 5.79. The van der Waals surface area contributed by atoms with Gasteiger partial charge < -0.3 is 19.5 Å². The van der Waals surface area contributed by atoms with Gasteiger partial charge in [0, 0.05) is 11.3 Å². The van der Waals surface area contributed by atoms with E-state index in [-0.39, 0.29) is 11.3 Å². The molecule has 0 atom stereocenters. The lowest BCUT2D eigenvalue weighted by molar-refractivity contribution is -0.119. The standard InChI is InChI=1S/C21H23NO6/c1-4-26-18-11-8-16(12-19(18)27-5-2)21(25)28-13-20(24)22-17-9-6-15(7-10-17)14(3)23/h6-12H,4-5,13H2,1-3H3,(H,22,24). The third kappa shape index (κ3) is 5.84. The van der Waals surface area contributed by atoms with E-state index in [2.05, 4.69) is 5.32 Å². The molecule has 0 aliphatic heterocycles. The Morgan fingerprint density at radius 3 is 2.07 bits per heavy atom. The number of anilines is 1. The maximum Gasteiger partial charge on any atom is 0.338 e. The van der Waals surface area contributed by atoms with Crippen LogP contribution in [0.25, 0.3) is 0 Å². The van der Waals surface area contributed by atoms with Crippen molar-refractivity contribution in [3.05, 3.63) is 53.6 Å². The zero-order chi connectivity index (χ0) is 20.5. The van der Waals surface area contributed by atoms with Crippen molar-refractivity contribution < 1.29 is 28.6 Å². The molecule has 0 aliphatic rings. The first-order valence-electron chi connectivity index (χ1n) is 8.92. The van der Waals surface area contributed by atoms with Crippen LogP contribution in [0.2, 0.25) is 0 Å². The number of amides is 1. The van der Waals surface area contributed by atoms with E-state index in [1.807, 2.05) is 13.8 Å². The fraction of sp³-hybridized carbons (Fsp3) is 0.286. The van der Waals surface area contributed by atoms with E-state index >= 15 is 0 Å². The van der Waals surface area contributed by atoms with Gasteiger partial charge in [-0.3, -0.25) is 9.59 Å². The van der Waals surface area contributed by atoms with Crippen LogP contribution in [0.4, 0.5) is 5.69 Å². The number of ketones is 1. The van der Waals surface area contributed by atoms with Crippen LogP contribution in [0.1, 0.15) is 41.5 Å². The first kappa shape index (κ1) is 21.0. The fourth-order valence-electron chi connectivity index (χ4n) is 2.38. The molecule has 0 unspecified atom stereocenters. The lowest BCUT2D eigenvalue weighted by atomic mass is 10.1. The summed E-state index contributed by atoms with van der Waals surface area (Å²) in [5.74, 6) is -0.221. The highest BCUT2D eigenvalue weighted by Gasteiger charge is 2.14. The van der Waals surface area contributed by atoms with Gasteiger partial charge in [-0.25, -0.2) is 4.79 Å². The maximum absolute atomic E-state index is 12.2. The van der Waals surface area contributed by atoms with E-state index < -0.39 is 18.5 Å². The summed E-state index contributed by atoms with van der Waals surface area (Å²) < 4.78 is 16.0. The minimum Gasteiger partial charge on any atom is -0.490 e. The Kier molecular flexibility index (Phi) is 7.56. The predicted octanol–water partition coefficient (Wildman–Crippen LogP) is 3.48. The van der Waals surface area contributed by atoms with Gasteiger partial charge >= 0.3 is 5.97 Å². The molecule has 2 aromatic rings. The molecule has 0 aromatic heterocycles. The molecule has 0 fully saturated rings. The molecule has 0 bridgehead atoms. The topological polar surface area (TPSA) is 90.9 Å². The van der Waals surface area contributed by atoms with Crippen molar-refractivity contribution in [2.24, 2.45) is 0 Å². The Balaban J connectivity index is 1.94. The van der Waals surface area contributed by atoms with Crippen LogP contribution in [-0.2, 0) is 9.53 Å². The number of esters is 1. The lowest BCUT2D eigenvalue weighted by Gasteiger charge is -2.12. The zero-order valence-electron chi connectivity index (χ0n) is 16.1. The molecule has 0 radical (unpaired) electrons. The molecule has 148 valence electrons. The van der Waals surface area contributed by atoms with E-state index in [4.69, 9.17) is 14.2 Å². The van der Waals surface area contributed by atoms with Crippen molar-refractivity contribution in [3.63, 3.8) is 0 Å². The van der Waals surface area contributed by atoms with Gasteiger partial charge in [-0.05, 0) is 63.2 Å². The molecule has 2 aromatic carbocycles. The van der Waals surface area contributed by atoms with E-state index in [0.717, 1.165) is 0 Å². The van der Waals surface area contributed by atoms with Crippen molar-refractivity contribution in [2.45, 2.75) is 20.8 Å². The molecule has 7 nitrogen and oxygen atoms in total. The number of hydrogen-bond donors (Lipinski definition) is 1. The average Bonchev–Trinajstić information content (AvgIpc) is 2.68. The van der Waals surface area contributed by atoms with Crippen LogP contribution in [0.15, 0.2) is 42.5 Å². The molecule has 28 heavy (non-hydrogen) atoms. The number of ether oxygens (including phenoxy) is 3. The molecule has 1 amide bonds. The fourth-order valence-corrected chi connectivity index (χ4v) is 2.38. The minimum absolute atomic E-state index is 0.0615. The van der Waals surface area contributed by atoms with Crippen molar-refractivity contribution in [1.82, 2.24) is 0 Å². The Hall–Kier alpha value is -3.35. The summed E-state index contributed by atoms with van der Waals surface area (Å²) in [7, 11) is 0. The Bertz CT molecular complexity index is 844. The highest BCUT2D eigenvalue weighted by Crippen LogP contribution is 2.28. The van der Waals surface area contributed by atoms with E-state index in [0.29, 0.717) is 36.0 Å². The van der Waals surface area contributed by atoms with Gasteiger partial charge in [-0.15, -0.1) is 0 Å². The average molecular weight is 385 g/mol. The molecular formula is C21H23NO6. The SMILES string of the molecule is CCOc1ccc(C(=O)OCC(=O)Nc2ccc(C(C)=O)cc2)cc1OCC. The Morgan fingerprint density at radius 2 is 1.46 bits per heavy atom. The van der Waals surface area contributed by atoms with Crippen LogP contribution < -0.4 is 14.8 Å². The highest BCUT2D eigenvalue weighted by atomic mass is 16.5. The summed E-state index contributed by atoms with van der Waals surface area (Å²) in [5.41, 5.74) is 1.31. The van der Waals surface area contributed by atoms with E-state index in [1.54, 1.807) is 36.4 Å². The molecule has 1 N–H and O–H groups in total. The molecule has 0 aliphatic carbocycles. The first-order valence-corrected chi connectivity index (χ1v) is 8.92. The third-order valence-corrected chi connectivity index (χ3v) is 3.69. The van der Waals surface area contributed by atoms with E-state index in [9.17, 15) is 14.4 Å². The van der Waals surface area contributed by atoms with Gasteiger partial charge in [0.25, 0.3) is 5.91 Å². The van der Waals surface area contributed by atoms with Gasteiger partial charge in [0.1, 0.15) is 0 Å². The van der Waals surface area contributed by atoms with Gasteiger partial charge in [0.05, 0.1) is 18.8 Å². The molecule has 0 spiro atoms. The van der Waals surface area contributed by atoms with Crippen LogP contribution in [-0.4, -0.2) is 37.5 Å². The van der Waals surface area contributed by atoms with Gasteiger partial charge in [0.2, 0.25) is 0 Å². The monoisotopic (exact) mass is 385 g/mol. The highest BCUT2D eigenvalue weighted by molar-refractivity contribution is 5.97. The molecule has 0 saturated carbocycles. The Labute approximate surface area is 163 Å². The summed E-state index contributed by atoms with van der Waals surface area (Å²) >= 11 is 0. The van der Waals surface area contributed by atoms with Gasteiger partial charge in [-0.2, -0.15) is 0 Å². The maximum atomic E-state index is 12.2. The number of Topliss-reactive ketones (excluding diaryl/α,β-unsaturated/α-hetero) is 1. The predicted molar refractivity (Wildman–Crippen MR) is 104 cm³/mol. The van der Waals surface area contributed by atoms with Crippen molar-refractivity contribution >= 4 is 23.3 Å². The molecule has 7 heteroatoms. The van der Waals surface area contributed by atoms with Crippen molar-refractivity contribution in [3.8, 4) is 11.5 Å². The number of hydrogen-bond acceptors (Lipinski definition) is 6. The zero-order valence-corrected chi connectivity index (χ0v) is 16.1. The summed E-state index contributed by atoms with van der Waals surface area (Å²) in [5, 5.41) is 2.60. The number of benzene rings is 2. The summed E-state index contributed by atoms with van der Waals surface area (Å²) in [6.45, 7) is 5.59. The largest absolute Gasteiger partial charge is 0.490 e. The smallest absolute Gasteiger partial charge is 0.338 e. The van der Waals surface area contributed by atoms with Crippen LogP contribution >= 0.6 is 0 Å². The van der Waals surface area contributed by atoms with Gasteiger partial charge in [0.15, 0.2) is 23.9 Å². The molecule has 0 saturated heterocycles. The van der Waals surface area contributed by atoms with Crippen LogP contribution in [0.3, 0.4) is 0 Å². The van der Waals surface area contributed by atoms with Crippen molar-refractivity contribution in [2.75, 3.05) is 25.1 Å². The van der Waals surface area contributed by atoms with Crippen LogP contribution in [0, 0.1) is 0 Å². The quantitative estimate of drug-likeness (QED) is 0.525. The molecule has 0 heterocycles.